The third-order valence-corrected chi connectivity index (χ3v) is 22.2. The molecule has 13 aromatic heterocycles. The lowest BCUT2D eigenvalue weighted by Gasteiger charge is -2.13. The maximum atomic E-state index is 6.14. The van der Waals surface area contributed by atoms with Crippen molar-refractivity contribution in [2.45, 2.75) is 0 Å². The molecule has 0 aliphatic heterocycles. The zero-order chi connectivity index (χ0) is 64.5. The SMILES string of the molecule is c1ccc2c(c1)c1ccccc1n2-c1cnc2c(c1)c1cc(-n3c4ccccc4c4ccccc43)cc3c4c5nc6c7cnccc7c7ccncc7c6nc5c5c6cc(-n7c8ccccc8c8ccccc87)cc7c8cc(-n9c%10ccccc%10c%10ccccc%109)cnc8n(c76)c5c4n2c13. The van der Waals surface area contributed by atoms with Crippen molar-refractivity contribution in [2.24, 2.45) is 0 Å². The van der Waals surface area contributed by atoms with Crippen molar-refractivity contribution < 1.29 is 0 Å². The van der Waals surface area contributed by atoms with Crippen LogP contribution in [0, 0.1) is 0 Å². The van der Waals surface area contributed by atoms with Gasteiger partial charge in [-0.15, -0.1) is 0 Å². The van der Waals surface area contributed by atoms with E-state index in [1.165, 1.54) is 43.1 Å². The van der Waals surface area contributed by atoms with Gasteiger partial charge >= 0.3 is 0 Å². The van der Waals surface area contributed by atoms with E-state index in [9.17, 15) is 0 Å². The summed E-state index contributed by atoms with van der Waals surface area (Å²) in [4.78, 5) is 33.5. The van der Waals surface area contributed by atoms with E-state index in [1.807, 2.05) is 24.8 Å². The normalized spacial score (nSPS) is 12.8. The Kier molecular flexibility index (Phi) is 9.36. The molecule has 0 amide bonds. The van der Waals surface area contributed by atoms with Crippen LogP contribution >= 0.6 is 0 Å². The minimum Gasteiger partial charge on any atom is -0.309 e. The highest BCUT2D eigenvalue weighted by molar-refractivity contribution is 6.41. The topological polar surface area (TPSA) is 106 Å². The number of rotatable bonds is 4. The first kappa shape index (κ1) is 51.5. The number of hydrogen-bond acceptors (Lipinski definition) is 6. The van der Waals surface area contributed by atoms with Gasteiger partial charge in [0.1, 0.15) is 22.3 Å². The highest BCUT2D eigenvalue weighted by atomic mass is 15.1. The third kappa shape index (κ3) is 6.21. The Morgan fingerprint density at radius 3 is 0.810 bits per heavy atom. The number of fused-ring (bicyclic) bond motifs is 34. The minimum atomic E-state index is 0.759. The molecule has 0 bridgehead atoms. The van der Waals surface area contributed by atoms with Crippen molar-refractivity contribution in [1.82, 2.24) is 57.0 Å². The second-order valence-corrected chi connectivity index (χ2v) is 27.0. The first-order valence-corrected chi connectivity index (χ1v) is 33.9. The quantitative estimate of drug-likeness (QED) is 0.128. The summed E-state index contributed by atoms with van der Waals surface area (Å²) in [5.41, 5.74) is 21.7. The molecule has 100 heavy (non-hydrogen) atoms. The van der Waals surface area contributed by atoms with Crippen LogP contribution < -0.4 is 0 Å². The predicted molar refractivity (Wildman–Crippen MR) is 410 cm³/mol. The maximum absolute atomic E-state index is 6.14. The van der Waals surface area contributed by atoms with E-state index in [0.717, 1.165) is 187 Å². The van der Waals surface area contributed by atoms with Gasteiger partial charge in [0.05, 0.1) is 101 Å². The summed E-state index contributed by atoms with van der Waals surface area (Å²) in [6, 6.07) is 88.7. The van der Waals surface area contributed by atoms with Crippen LogP contribution in [0.4, 0.5) is 0 Å². The van der Waals surface area contributed by atoms with Gasteiger partial charge in [-0.05, 0) is 108 Å². The lowest BCUT2D eigenvalue weighted by atomic mass is 10.00. The van der Waals surface area contributed by atoms with Gasteiger partial charge in [-0.2, -0.15) is 0 Å². The Labute approximate surface area is 563 Å². The van der Waals surface area contributed by atoms with Gasteiger partial charge in [-0.1, -0.05) is 146 Å². The molecular formula is C88H46N12. The van der Waals surface area contributed by atoms with E-state index < -0.39 is 0 Å². The van der Waals surface area contributed by atoms with Crippen molar-refractivity contribution in [3.8, 4) is 22.7 Å². The molecule has 25 aromatic rings. The molecule has 0 unspecified atom stereocenters. The molecule has 0 aliphatic carbocycles. The van der Waals surface area contributed by atoms with Crippen LogP contribution in [0.2, 0.25) is 0 Å². The Balaban J connectivity index is 0.929. The second kappa shape index (κ2) is 18.2. The van der Waals surface area contributed by atoms with Crippen LogP contribution in [-0.2, 0) is 0 Å². The minimum absolute atomic E-state index is 0.759. The number of hydrogen-bond donors (Lipinski definition) is 0. The molecule has 0 aliphatic rings. The van der Waals surface area contributed by atoms with Crippen LogP contribution in [0.1, 0.15) is 0 Å². The van der Waals surface area contributed by atoms with Gasteiger partial charge in [0.2, 0.25) is 0 Å². The average molecular weight is 1270 g/mol. The standard InChI is InChI=1S/C88H46N12/c1-9-25-69-53(17-1)54-18-2-10-26-70(54)95(69)47-37-61-63-41-49(97-73-29-13-5-21-57(73)58-22-6-14-30-74(58)97)43-91-87(63)99-83(61)65(39-47)77-81-82(94-80-68-46-90-36-34-52(68)51-33-35-89-45-67(51)79(80)93-81)78-66-40-48(96-71-27-11-3-19-55(71)56-20-4-12-28-72(56)96)38-62-64-42-50(44-92-88(64)100(84(62)66)86(78)85(77)99)98-75-31-15-7-23-59(75)60-24-8-16-32-76(60)98/h1-46H. The molecule has 12 nitrogen and oxygen atoms in total. The molecule has 25 rings (SSSR count). The summed E-state index contributed by atoms with van der Waals surface area (Å²) >= 11 is 0. The van der Waals surface area contributed by atoms with Gasteiger partial charge in [-0.3, -0.25) is 18.8 Å². The molecular weight excluding hydrogens is 1230 g/mol. The van der Waals surface area contributed by atoms with Gasteiger partial charge in [0.15, 0.2) is 0 Å². The Hall–Kier alpha value is -13.8. The molecule has 0 fully saturated rings. The molecule has 0 N–H and O–H groups in total. The summed E-state index contributed by atoms with van der Waals surface area (Å²) in [5, 5.41) is 21.6. The first-order valence-electron chi connectivity index (χ1n) is 33.9. The molecule has 0 radical (unpaired) electrons. The molecule has 0 atom stereocenters. The number of pyridine rings is 4. The molecule has 458 valence electrons. The lowest BCUT2D eigenvalue weighted by Crippen LogP contribution is -1.98. The second-order valence-electron chi connectivity index (χ2n) is 27.0. The van der Waals surface area contributed by atoms with Crippen LogP contribution in [-0.4, -0.2) is 57.0 Å². The largest absolute Gasteiger partial charge is 0.309 e. The molecule has 0 saturated heterocycles. The van der Waals surface area contributed by atoms with E-state index in [2.05, 4.69) is 282 Å². The average Bonchev–Trinajstić information content (AvgIpc) is 1.49. The smallest absolute Gasteiger partial charge is 0.145 e. The van der Waals surface area contributed by atoms with E-state index in [-0.39, 0.29) is 0 Å². The van der Waals surface area contributed by atoms with Gasteiger partial charge < -0.3 is 18.3 Å². The Bertz CT molecular complexity index is 7370. The highest BCUT2D eigenvalue weighted by Crippen LogP contribution is 2.53. The Morgan fingerprint density at radius 1 is 0.210 bits per heavy atom. The molecule has 12 aromatic carbocycles. The molecule has 0 saturated carbocycles. The van der Waals surface area contributed by atoms with Crippen LogP contribution in [0.3, 0.4) is 0 Å². The van der Waals surface area contributed by atoms with Crippen molar-refractivity contribution in [1.29, 1.82) is 0 Å². The van der Waals surface area contributed by atoms with E-state index in [4.69, 9.17) is 29.9 Å². The number of nitrogens with zero attached hydrogens (tertiary/aromatic N) is 12. The van der Waals surface area contributed by atoms with Gasteiger partial charge in [0, 0.05) is 133 Å². The predicted octanol–water partition coefficient (Wildman–Crippen LogP) is 21.4. The van der Waals surface area contributed by atoms with E-state index >= 15 is 0 Å². The summed E-state index contributed by atoms with van der Waals surface area (Å²) in [6.45, 7) is 0. The molecule has 12 heteroatoms. The third-order valence-electron chi connectivity index (χ3n) is 22.2. The van der Waals surface area contributed by atoms with E-state index in [0.29, 0.717) is 0 Å². The van der Waals surface area contributed by atoms with Crippen molar-refractivity contribution in [3.63, 3.8) is 0 Å². The zero-order valence-electron chi connectivity index (χ0n) is 52.9. The fraction of sp³-hybridized carbons (Fsp3) is 0. The summed E-state index contributed by atoms with van der Waals surface area (Å²) in [6.07, 6.45) is 11.8. The summed E-state index contributed by atoms with van der Waals surface area (Å²) in [5.74, 6) is 0. The number of aromatic nitrogens is 12. The van der Waals surface area contributed by atoms with Crippen LogP contribution in [0.25, 0.3) is 230 Å². The van der Waals surface area contributed by atoms with Crippen LogP contribution in [0.15, 0.2) is 280 Å². The first-order chi connectivity index (χ1) is 49.7. The van der Waals surface area contributed by atoms with E-state index in [1.54, 1.807) is 0 Å². The molecule has 13 heterocycles. The fourth-order valence-corrected chi connectivity index (χ4v) is 18.3. The zero-order valence-corrected chi connectivity index (χ0v) is 52.9. The maximum Gasteiger partial charge on any atom is 0.145 e. The van der Waals surface area contributed by atoms with Gasteiger partial charge in [-0.25, -0.2) is 19.9 Å². The van der Waals surface area contributed by atoms with Gasteiger partial charge in [0.25, 0.3) is 0 Å². The summed E-state index contributed by atoms with van der Waals surface area (Å²) < 4.78 is 14.6. The van der Waals surface area contributed by atoms with Crippen molar-refractivity contribution in [3.05, 3.63) is 280 Å². The monoisotopic (exact) mass is 1270 g/mol. The molecule has 0 spiro atoms. The number of para-hydroxylation sites is 8. The Morgan fingerprint density at radius 2 is 0.490 bits per heavy atom. The highest BCUT2D eigenvalue weighted by Gasteiger charge is 2.33. The summed E-state index contributed by atoms with van der Waals surface area (Å²) in [7, 11) is 0. The van der Waals surface area contributed by atoms with Crippen molar-refractivity contribution in [2.75, 3.05) is 0 Å². The number of benzene rings is 12. The fourth-order valence-electron chi connectivity index (χ4n) is 18.3. The van der Waals surface area contributed by atoms with Crippen LogP contribution in [0.5, 0.6) is 0 Å². The van der Waals surface area contributed by atoms with Crippen molar-refractivity contribution >= 4 is 207 Å². The lowest BCUT2D eigenvalue weighted by molar-refractivity contribution is 1.14.